The van der Waals surface area contributed by atoms with E-state index in [9.17, 15) is 8.78 Å². The van der Waals surface area contributed by atoms with Gasteiger partial charge < -0.3 is 15.2 Å². The van der Waals surface area contributed by atoms with Crippen molar-refractivity contribution >= 4 is 12.4 Å². The molecule has 0 amide bonds. The van der Waals surface area contributed by atoms with Gasteiger partial charge in [0.05, 0.1) is 12.7 Å². The molecule has 0 radical (unpaired) electrons. The van der Waals surface area contributed by atoms with E-state index in [1.54, 1.807) is 12.1 Å². The third kappa shape index (κ3) is 6.04. The number of rotatable bonds is 5. The molecule has 0 saturated carbocycles. The predicted molar refractivity (Wildman–Crippen MR) is 83.7 cm³/mol. The Morgan fingerprint density at radius 3 is 2.55 bits per heavy atom. The highest BCUT2D eigenvalue weighted by molar-refractivity contribution is 5.85. The highest BCUT2D eigenvalue weighted by atomic mass is 35.5. The van der Waals surface area contributed by atoms with Crippen LogP contribution in [0.15, 0.2) is 24.3 Å². The first-order valence-electron chi connectivity index (χ1n) is 7.01. The van der Waals surface area contributed by atoms with Crippen LogP contribution in [-0.2, 0) is 4.74 Å². The number of hydrogen-bond donors (Lipinski definition) is 1. The van der Waals surface area contributed by atoms with Gasteiger partial charge in [0.25, 0.3) is 0 Å². The molecule has 4 nitrogen and oxygen atoms in total. The maximum Gasteiger partial charge on any atom is 0.387 e. The average Bonchev–Trinajstić information content (AvgIpc) is 2.37. The summed E-state index contributed by atoms with van der Waals surface area (Å²) < 4.78 is 34.3. The Hall–Kier alpha value is -0.950. The van der Waals surface area contributed by atoms with E-state index in [1.165, 1.54) is 12.1 Å². The monoisotopic (exact) mass is 336 g/mol. The van der Waals surface area contributed by atoms with E-state index in [4.69, 9.17) is 10.5 Å². The van der Waals surface area contributed by atoms with Crippen LogP contribution < -0.4 is 10.5 Å². The summed E-state index contributed by atoms with van der Waals surface area (Å²) in [6, 6.07) is 6.60. The summed E-state index contributed by atoms with van der Waals surface area (Å²) in [5, 5.41) is 0. The summed E-state index contributed by atoms with van der Waals surface area (Å²) in [6.07, 6.45) is -0.0679. The molecule has 7 heteroatoms. The number of nitrogens with zero attached hydrogens (tertiary/aromatic N) is 1. The Labute approximate surface area is 136 Å². The Balaban J connectivity index is 0.00000242. The molecule has 0 spiro atoms. The van der Waals surface area contributed by atoms with Crippen LogP contribution in [0.25, 0.3) is 0 Å². The van der Waals surface area contributed by atoms with Crippen molar-refractivity contribution in [2.45, 2.75) is 32.1 Å². The Kier molecular flexibility index (Phi) is 6.99. The van der Waals surface area contributed by atoms with Gasteiger partial charge in [0.1, 0.15) is 5.75 Å². The van der Waals surface area contributed by atoms with Gasteiger partial charge >= 0.3 is 6.61 Å². The van der Waals surface area contributed by atoms with Gasteiger partial charge in [0, 0.05) is 25.2 Å². The first kappa shape index (κ1) is 19.1. The molecule has 1 saturated heterocycles. The Morgan fingerprint density at radius 2 is 2.00 bits per heavy atom. The number of benzene rings is 1. The number of nitrogens with two attached hydrogens (primary N) is 1. The second-order valence-electron chi connectivity index (χ2n) is 6.03. The third-order valence-electron chi connectivity index (χ3n) is 3.26. The summed E-state index contributed by atoms with van der Waals surface area (Å²) in [7, 11) is 0. The lowest BCUT2D eigenvalue weighted by molar-refractivity contribution is -0.0500. The first-order valence-corrected chi connectivity index (χ1v) is 7.01. The van der Waals surface area contributed by atoms with Gasteiger partial charge in [-0.15, -0.1) is 12.4 Å². The quantitative estimate of drug-likeness (QED) is 0.898. The van der Waals surface area contributed by atoms with Crippen molar-refractivity contribution in [2.75, 3.05) is 26.2 Å². The van der Waals surface area contributed by atoms with E-state index in [0.29, 0.717) is 6.61 Å². The molecule has 0 bridgehead atoms. The van der Waals surface area contributed by atoms with Crippen molar-refractivity contribution in [2.24, 2.45) is 5.73 Å². The standard InChI is InChI=1S/C15H22F2N2O2.ClH/c1-15(2,18)10-19-7-8-20-13(9-19)11-3-5-12(6-4-11)21-14(16)17;/h3-6,13-14H,7-10,18H2,1-2H3;1H. The molecule has 126 valence electrons. The van der Waals surface area contributed by atoms with Gasteiger partial charge in [0.2, 0.25) is 0 Å². The fourth-order valence-corrected chi connectivity index (χ4v) is 2.49. The number of ether oxygens (including phenoxy) is 2. The van der Waals surface area contributed by atoms with Crippen molar-refractivity contribution in [3.05, 3.63) is 29.8 Å². The number of morpholine rings is 1. The molecular weight excluding hydrogens is 314 g/mol. The summed E-state index contributed by atoms with van der Waals surface area (Å²) in [4.78, 5) is 2.26. The zero-order chi connectivity index (χ0) is 15.5. The van der Waals surface area contributed by atoms with Gasteiger partial charge in [-0.05, 0) is 31.5 Å². The lowest BCUT2D eigenvalue weighted by Crippen LogP contribution is -2.49. The zero-order valence-corrected chi connectivity index (χ0v) is 13.6. The van der Waals surface area contributed by atoms with Gasteiger partial charge in [0.15, 0.2) is 0 Å². The second-order valence-corrected chi connectivity index (χ2v) is 6.03. The summed E-state index contributed by atoms with van der Waals surface area (Å²) >= 11 is 0. The Bertz CT molecular complexity index is 452. The van der Waals surface area contributed by atoms with Crippen LogP contribution in [0.5, 0.6) is 5.75 Å². The summed E-state index contributed by atoms with van der Waals surface area (Å²) in [5.74, 6) is 0.157. The zero-order valence-electron chi connectivity index (χ0n) is 12.8. The van der Waals surface area contributed by atoms with Gasteiger partial charge in [-0.2, -0.15) is 8.78 Å². The topological polar surface area (TPSA) is 47.7 Å². The fraction of sp³-hybridized carbons (Fsp3) is 0.600. The van der Waals surface area contributed by atoms with E-state index in [2.05, 4.69) is 9.64 Å². The first-order chi connectivity index (χ1) is 9.83. The average molecular weight is 337 g/mol. The summed E-state index contributed by atoms with van der Waals surface area (Å²) in [6.45, 7) is 4.21. The van der Waals surface area contributed by atoms with Crippen LogP contribution in [0.1, 0.15) is 25.5 Å². The van der Waals surface area contributed by atoms with E-state index < -0.39 is 6.61 Å². The molecule has 2 N–H and O–H groups in total. The minimum atomic E-state index is -2.80. The maximum absolute atomic E-state index is 12.1. The third-order valence-corrected chi connectivity index (χ3v) is 3.26. The molecule has 1 aliphatic heterocycles. The molecule has 22 heavy (non-hydrogen) atoms. The van der Waals surface area contributed by atoms with E-state index in [-0.39, 0.29) is 29.8 Å². The lowest BCUT2D eigenvalue weighted by atomic mass is 10.0. The van der Waals surface area contributed by atoms with Crippen LogP contribution in [0.2, 0.25) is 0 Å². The number of alkyl halides is 2. The minimum absolute atomic E-state index is 0. The van der Waals surface area contributed by atoms with Crippen LogP contribution in [0.3, 0.4) is 0 Å². The highest BCUT2D eigenvalue weighted by Crippen LogP contribution is 2.25. The largest absolute Gasteiger partial charge is 0.435 e. The molecule has 1 heterocycles. The van der Waals surface area contributed by atoms with Crippen LogP contribution >= 0.6 is 12.4 Å². The fourth-order valence-electron chi connectivity index (χ4n) is 2.49. The highest BCUT2D eigenvalue weighted by Gasteiger charge is 2.25. The second kappa shape index (κ2) is 8.06. The molecule has 1 aromatic rings. The maximum atomic E-state index is 12.1. The van der Waals surface area contributed by atoms with E-state index in [1.807, 2.05) is 13.8 Å². The van der Waals surface area contributed by atoms with Crippen molar-refractivity contribution in [1.29, 1.82) is 0 Å². The van der Waals surface area contributed by atoms with Crippen LogP contribution in [0, 0.1) is 0 Å². The molecule has 0 aromatic heterocycles. The molecule has 1 fully saturated rings. The molecule has 1 unspecified atom stereocenters. The molecule has 1 atom stereocenters. The van der Waals surface area contributed by atoms with E-state index >= 15 is 0 Å². The molecule has 2 rings (SSSR count). The van der Waals surface area contributed by atoms with Crippen LogP contribution in [-0.4, -0.2) is 43.3 Å². The molecule has 0 aliphatic carbocycles. The Morgan fingerprint density at radius 1 is 1.36 bits per heavy atom. The molecule has 1 aliphatic rings. The van der Waals surface area contributed by atoms with Gasteiger partial charge in [-0.3, -0.25) is 4.90 Å². The van der Waals surface area contributed by atoms with Gasteiger partial charge in [-0.1, -0.05) is 12.1 Å². The smallest absolute Gasteiger partial charge is 0.387 e. The SMILES string of the molecule is CC(C)(N)CN1CCOC(c2ccc(OC(F)F)cc2)C1.Cl. The molecular formula is C15H23ClF2N2O2. The minimum Gasteiger partial charge on any atom is -0.435 e. The van der Waals surface area contributed by atoms with Crippen molar-refractivity contribution in [3.63, 3.8) is 0 Å². The van der Waals surface area contributed by atoms with Crippen LogP contribution in [0.4, 0.5) is 8.78 Å². The predicted octanol–water partition coefficient (Wildman–Crippen LogP) is 2.82. The lowest BCUT2D eigenvalue weighted by Gasteiger charge is -2.36. The normalized spacial score (nSPS) is 19.8. The van der Waals surface area contributed by atoms with Gasteiger partial charge in [-0.25, -0.2) is 0 Å². The van der Waals surface area contributed by atoms with Crippen molar-refractivity contribution < 1.29 is 18.3 Å². The number of hydrogen-bond acceptors (Lipinski definition) is 4. The van der Waals surface area contributed by atoms with E-state index in [0.717, 1.165) is 25.2 Å². The summed E-state index contributed by atoms with van der Waals surface area (Å²) in [5.41, 5.74) is 6.75. The molecule has 1 aromatic carbocycles. The van der Waals surface area contributed by atoms with Crippen molar-refractivity contribution in [1.82, 2.24) is 4.90 Å². The van der Waals surface area contributed by atoms with Crippen molar-refractivity contribution in [3.8, 4) is 5.75 Å². The number of halogens is 3.